The second-order valence-electron chi connectivity index (χ2n) is 9.65. The molecule has 190 valence electrons. The summed E-state index contributed by atoms with van der Waals surface area (Å²) in [4.78, 5) is 42.9. The van der Waals surface area contributed by atoms with Crippen LogP contribution in [-0.4, -0.2) is 56.0 Å². The van der Waals surface area contributed by atoms with Crippen molar-refractivity contribution in [1.82, 2.24) is 19.7 Å². The van der Waals surface area contributed by atoms with E-state index in [0.717, 1.165) is 38.5 Å². The number of aromatic nitrogens is 3. The zero-order chi connectivity index (χ0) is 25.1. The van der Waals surface area contributed by atoms with Crippen LogP contribution in [0.4, 0.5) is 4.79 Å². The fourth-order valence-corrected chi connectivity index (χ4v) is 5.15. The molecule has 2 aliphatic carbocycles. The molecule has 2 atom stereocenters. The number of amides is 1. The number of aryl methyl sites for hydroxylation is 2. The molecule has 0 aliphatic heterocycles. The number of pyridine rings is 1. The summed E-state index contributed by atoms with van der Waals surface area (Å²) in [6.45, 7) is 1.74. The zero-order valence-electron chi connectivity index (χ0n) is 20.6. The number of aromatic amines is 1. The second-order valence-corrected chi connectivity index (χ2v) is 9.65. The highest BCUT2D eigenvalue weighted by Gasteiger charge is 2.29. The molecule has 2 heterocycles. The molecule has 2 aromatic heterocycles. The van der Waals surface area contributed by atoms with Crippen molar-refractivity contribution in [3.63, 3.8) is 0 Å². The third-order valence-electron chi connectivity index (χ3n) is 7.24. The predicted octanol–water partition coefficient (Wildman–Crippen LogP) is 3.62. The molecule has 10 heteroatoms. The molecule has 2 aliphatic rings. The average Bonchev–Trinajstić information content (AvgIpc) is 3.46. The van der Waals surface area contributed by atoms with Crippen LogP contribution < -0.4 is 10.3 Å². The zero-order valence-corrected chi connectivity index (χ0v) is 20.6. The lowest BCUT2D eigenvalue weighted by molar-refractivity contribution is -0.143. The van der Waals surface area contributed by atoms with Crippen molar-refractivity contribution >= 4 is 12.1 Å². The van der Waals surface area contributed by atoms with Crippen LogP contribution >= 0.6 is 0 Å². The maximum atomic E-state index is 12.7. The summed E-state index contributed by atoms with van der Waals surface area (Å²) < 4.78 is 13.2. The van der Waals surface area contributed by atoms with Crippen molar-refractivity contribution in [2.24, 2.45) is 13.0 Å². The van der Waals surface area contributed by atoms with E-state index in [1.165, 1.54) is 0 Å². The minimum atomic E-state index is -0.783. The summed E-state index contributed by atoms with van der Waals surface area (Å²) in [5.41, 5.74) is 1.62. The van der Waals surface area contributed by atoms with Gasteiger partial charge >= 0.3 is 12.1 Å². The Balaban J connectivity index is 1.48. The summed E-state index contributed by atoms with van der Waals surface area (Å²) in [6, 6.07) is 3.67. The van der Waals surface area contributed by atoms with Crippen LogP contribution in [0.3, 0.4) is 0 Å². The Bertz CT molecular complexity index is 1130. The molecule has 2 aromatic rings. The molecule has 0 radical (unpaired) electrons. The fraction of sp³-hybridized carbons (Fsp3) is 0.600. The standard InChI is InChI=1S/C25H34N4O6/c1-15-21(35-18-10-6-7-16(13-18)24(31)32)12-11-19(26-15)22-20(29(3)27-23(22)30)14-34-25(33)28(2)17-8-4-5-9-17/h11-12,16-18H,4-10,13-14H2,1-3H3,(H,27,30)(H,31,32)/t16?,18-/m0/s1. The van der Waals surface area contributed by atoms with Crippen LogP contribution in [0, 0.1) is 12.8 Å². The van der Waals surface area contributed by atoms with E-state index in [2.05, 4.69) is 10.1 Å². The predicted molar refractivity (Wildman–Crippen MR) is 128 cm³/mol. The van der Waals surface area contributed by atoms with E-state index in [-0.39, 0.29) is 30.2 Å². The van der Waals surface area contributed by atoms with Crippen molar-refractivity contribution in [1.29, 1.82) is 0 Å². The molecule has 0 bridgehead atoms. The summed E-state index contributed by atoms with van der Waals surface area (Å²) in [5.74, 6) is -0.597. The Labute approximate surface area is 204 Å². The minimum Gasteiger partial charge on any atom is -0.489 e. The first-order chi connectivity index (χ1) is 16.7. The Morgan fingerprint density at radius 1 is 1.20 bits per heavy atom. The molecule has 4 rings (SSSR count). The van der Waals surface area contributed by atoms with Crippen molar-refractivity contribution in [3.05, 3.63) is 33.9 Å². The molecule has 1 amide bonds. The normalized spacial score (nSPS) is 20.5. The van der Waals surface area contributed by atoms with Crippen molar-refractivity contribution in [3.8, 4) is 17.0 Å². The highest BCUT2D eigenvalue weighted by atomic mass is 16.6. The van der Waals surface area contributed by atoms with Gasteiger partial charge in [-0.15, -0.1) is 0 Å². The van der Waals surface area contributed by atoms with Crippen molar-refractivity contribution < 1.29 is 24.2 Å². The van der Waals surface area contributed by atoms with Gasteiger partial charge in [0.2, 0.25) is 0 Å². The number of ether oxygens (including phenoxy) is 2. The molecular formula is C25H34N4O6. The summed E-state index contributed by atoms with van der Waals surface area (Å²) >= 11 is 0. The van der Waals surface area contributed by atoms with E-state index in [9.17, 15) is 19.5 Å². The van der Waals surface area contributed by atoms with Gasteiger partial charge < -0.3 is 19.5 Å². The lowest BCUT2D eigenvalue weighted by Crippen LogP contribution is -2.35. The molecule has 2 saturated carbocycles. The third-order valence-corrected chi connectivity index (χ3v) is 7.24. The Hall–Kier alpha value is -3.30. The van der Waals surface area contributed by atoms with E-state index < -0.39 is 12.1 Å². The summed E-state index contributed by atoms with van der Waals surface area (Å²) in [7, 11) is 3.45. The van der Waals surface area contributed by atoms with Gasteiger partial charge in [-0.1, -0.05) is 12.8 Å². The number of rotatable bonds is 7. The molecule has 2 N–H and O–H groups in total. The van der Waals surface area contributed by atoms with Crippen LogP contribution in [0.15, 0.2) is 16.9 Å². The number of carboxylic acid groups (broad SMARTS) is 1. The van der Waals surface area contributed by atoms with Gasteiger partial charge in [-0.2, -0.15) is 0 Å². The highest BCUT2D eigenvalue weighted by molar-refractivity contribution is 5.70. The SMILES string of the molecule is Cc1nc(-c2c(COC(=O)N(C)C3CCCC3)n(C)[nH]c2=O)ccc1O[C@H]1CCCC(C(=O)O)C1. The molecule has 0 saturated heterocycles. The van der Waals surface area contributed by atoms with Gasteiger partial charge in [0.15, 0.2) is 0 Å². The molecule has 0 spiro atoms. The number of aliphatic carboxylic acids is 1. The van der Waals surface area contributed by atoms with Crippen molar-refractivity contribution in [2.75, 3.05) is 7.05 Å². The van der Waals surface area contributed by atoms with Gasteiger partial charge in [0.1, 0.15) is 12.4 Å². The van der Waals surface area contributed by atoms with Gasteiger partial charge in [-0.05, 0) is 57.6 Å². The number of nitrogens with zero attached hydrogens (tertiary/aromatic N) is 3. The molecule has 2 fully saturated rings. The van der Waals surface area contributed by atoms with Crippen LogP contribution in [0.1, 0.15) is 62.8 Å². The summed E-state index contributed by atoms with van der Waals surface area (Å²) in [6.07, 6.45) is 6.36. The first-order valence-corrected chi connectivity index (χ1v) is 12.3. The molecular weight excluding hydrogens is 452 g/mol. The Morgan fingerprint density at radius 2 is 1.94 bits per heavy atom. The van der Waals surface area contributed by atoms with Gasteiger partial charge in [0, 0.05) is 20.1 Å². The maximum absolute atomic E-state index is 12.7. The monoisotopic (exact) mass is 486 g/mol. The van der Waals surface area contributed by atoms with Crippen LogP contribution in [0.25, 0.3) is 11.3 Å². The lowest BCUT2D eigenvalue weighted by atomic mass is 9.87. The van der Waals surface area contributed by atoms with Gasteiger partial charge in [-0.25, -0.2) is 9.78 Å². The summed E-state index contributed by atoms with van der Waals surface area (Å²) in [5, 5.41) is 12.0. The molecule has 0 aromatic carbocycles. The number of hydrogen-bond donors (Lipinski definition) is 2. The first-order valence-electron chi connectivity index (χ1n) is 12.3. The quantitative estimate of drug-likeness (QED) is 0.612. The molecule has 10 nitrogen and oxygen atoms in total. The van der Waals surface area contributed by atoms with Crippen LogP contribution in [0.2, 0.25) is 0 Å². The molecule has 1 unspecified atom stereocenters. The van der Waals surface area contributed by atoms with Gasteiger partial charge in [0.05, 0.1) is 34.7 Å². The Morgan fingerprint density at radius 3 is 2.63 bits per heavy atom. The number of hydrogen-bond acceptors (Lipinski definition) is 6. The van der Waals surface area contributed by atoms with Crippen LogP contribution in [-0.2, 0) is 23.2 Å². The number of carboxylic acids is 1. The second kappa shape index (κ2) is 10.5. The van der Waals surface area contributed by atoms with E-state index in [4.69, 9.17) is 9.47 Å². The third kappa shape index (κ3) is 5.52. The highest BCUT2D eigenvalue weighted by Crippen LogP contribution is 2.30. The van der Waals surface area contributed by atoms with Crippen LogP contribution in [0.5, 0.6) is 5.75 Å². The van der Waals surface area contributed by atoms with Crippen molar-refractivity contribution in [2.45, 2.75) is 77.0 Å². The topological polar surface area (TPSA) is 127 Å². The van der Waals surface area contributed by atoms with Gasteiger partial charge in [-0.3, -0.25) is 19.4 Å². The fourth-order valence-electron chi connectivity index (χ4n) is 5.15. The largest absolute Gasteiger partial charge is 0.489 e. The van der Waals surface area contributed by atoms with E-state index in [0.29, 0.717) is 41.2 Å². The maximum Gasteiger partial charge on any atom is 0.410 e. The number of carbonyl (C=O) groups excluding carboxylic acids is 1. The number of nitrogens with one attached hydrogen (secondary N) is 1. The van der Waals surface area contributed by atoms with E-state index in [1.807, 2.05) is 0 Å². The molecule has 35 heavy (non-hydrogen) atoms. The first kappa shape index (κ1) is 24.8. The minimum absolute atomic E-state index is 0.0574. The average molecular weight is 487 g/mol. The number of carbonyl (C=O) groups is 2. The lowest BCUT2D eigenvalue weighted by Gasteiger charge is -2.27. The number of H-pyrrole nitrogens is 1. The van der Waals surface area contributed by atoms with E-state index in [1.54, 1.807) is 42.7 Å². The smallest absolute Gasteiger partial charge is 0.410 e. The van der Waals surface area contributed by atoms with E-state index >= 15 is 0 Å². The van der Waals surface area contributed by atoms with Gasteiger partial charge in [0.25, 0.3) is 5.56 Å². The Kier molecular flexibility index (Phi) is 7.47.